The van der Waals surface area contributed by atoms with E-state index in [0.29, 0.717) is 5.82 Å². The molecule has 9 rings (SSSR count). The van der Waals surface area contributed by atoms with Gasteiger partial charge in [-0.2, -0.15) is 0 Å². The number of hydrogen-bond acceptors (Lipinski definition) is 5. The van der Waals surface area contributed by atoms with E-state index in [4.69, 9.17) is 14.7 Å². The van der Waals surface area contributed by atoms with E-state index in [1.165, 1.54) is 27.0 Å². The van der Waals surface area contributed by atoms with E-state index in [9.17, 15) is 0 Å². The van der Waals surface area contributed by atoms with E-state index in [0.717, 1.165) is 56.7 Å². The van der Waals surface area contributed by atoms with Crippen molar-refractivity contribution in [3.05, 3.63) is 145 Å². The molecule has 0 amide bonds. The minimum absolute atomic E-state index is 0.682. The van der Waals surface area contributed by atoms with Crippen LogP contribution in [0.3, 0.4) is 0 Å². The van der Waals surface area contributed by atoms with Crippen LogP contribution < -0.4 is 9.64 Å². The van der Waals surface area contributed by atoms with Crippen molar-refractivity contribution in [2.75, 3.05) is 4.90 Å². The maximum absolute atomic E-state index is 6.83. The van der Waals surface area contributed by atoms with E-state index in [2.05, 4.69) is 108 Å². The Morgan fingerprint density at radius 2 is 1.32 bits per heavy atom. The summed E-state index contributed by atoms with van der Waals surface area (Å²) in [4.78, 5) is 14.0. The highest BCUT2D eigenvalue weighted by molar-refractivity contribution is 7.98. The topological polar surface area (TPSA) is 38.2 Å². The first-order valence-electron chi connectivity index (χ1n) is 14.7. The number of ether oxygens (including phenoxy) is 1. The molecule has 44 heavy (non-hydrogen) atoms. The number of thioether (sulfide) groups is 1. The summed E-state index contributed by atoms with van der Waals surface area (Å²) in [5.41, 5.74) is 8.65. The second kappa shape index (κ2) is 10.1. The second-order valence-corrected chi connectivity index (χ2v) is 12.0. The van der Waals surface area contributed by atoms with Gasteiger partial charge < -0.3 is 4.74 Å². The van der Waals surface area contributed by atoms with Gasteiger partial charge in [-0.3, -0.25) is 4.90 Å². The van der Waals surface area contributed by atoms with Gasteiger partial charge in [0.2, 0.25) is 0 Å². The first-order valence-corrected chi connectivity index (χ1v) is 15.7. The summed E-state index contributed by atoms with van der Waals surface area (Å²) in [5.74, 6) is 3.97. The Morgan fingerprint density at radius 3 is 2.16 bits per heavy atom. The molecular weight excluding hydrogens is 559 g/mol. The molecule has 0 bridgehead atoms. The van der Waals surface area contributed by atoms with Crippen LogP contribution in [-0.2, 0) is 5.75 Å². The van der Waals surface area contributed by atoms with Gasteiger partial charge in [0.05, 0.1) is 17.1 Å². The van der Waals surface area contributed by atoms with Crippen LogP contribution in [0.25, 0.3) is 44.5 Å². The highest BCUT2D eigenvalue weighted by Gasteiger charge is 2.35. The van der Waals surface area contributed by atoms with Crippen LogP contribution in [0, 0.1) is 0 Å². The fraction of sp³-hybridized carbons (Fsp3) is 0.0256. The number of anilines is 3. The normalized spacial score (nSPS) is 13.0. The zero-order valence-corrected chi connectivity index (χ0v) is 24.5. The predicted octanol–water partition coefficient (Wildman–Crippen LogP) is 10.8. The maximum atomic E-state index is 6.83. The number of hydrogen-bond donors (Lipinski definition) is 0. The largest absolute Gasteiger partial charge is 0.452 e. The zero-order valence-electron chi connectivity index (χ0n) is 23.6. The summed E-state index contributed by atoms with van der Waals surface area (Å²) in [6.07, 6.45) is 0. The number of aromatic nitrogens is 2. The Bertz CT molecular complexity index is 2160. The summed E-state index contributed by atoms with van der Waals surface area (Å²) < 4.78 is 6.83. The van der Waals surface area contributed by atoms with Crippen LogP contribution in [0.15, 0.2) is 144 Å². The monoisotopic (exact) mass is 583 g/mol. The third-order valence-corrected chi connectivity index (χ3v) is 9.46. The molecule has 5 heteroatoms. The van der Waals surface area contributed by atoms with Crippen molar-refractivity contribution in [2.24, 2.45) is 0 Å². The van der Waals surface area contributed by atoms with Crippen molar-refractivity contribution in [3.63, 3.8) is 0 Å². The number of rotatable bonds is 3. The second-order valence-electron chi connectivity index (χ2n) is 10.9. The van der Waals surface area contributed by atoms with E-state index >= 15 is 0 Å². The molecular formula is C39H25N3OS. The van der Waals surface area contributed by atoms with E-state index in [-0.39, 0.29) is 0 Å². The zero-order chi connectivity index (χ0) is 29.0. The predicted molar refractivity (Wildman–Crippen MR) is 180 cm³/mol. The van der Waals surface area contributed by atoms with Crippen molar-refractivity contribution in [3.8, 4) is 45.3 Å². The lowest BCUT2D eigenvalue weighted by molar-refractivity contribution is 0.482. The molecule has 0 N–H and O–H groups in total. The molecule has 4 nitrogen and oxygen atoms in total. The lowest BCUT2D eigenvalue weighted by Crippen LogP contribution is -2.20. The minimum atomic E-state index is 0.682. The first-order chi connectivity index (χ1) is 21.8. The Hall–Kier alpha value is -5.39. The molecule has 7 aromatic rings. The number of nitrogens with zero attached hydrogens (tertiary/aromatic N) is 3. The van der Waals surface area contributed by atoms with Crippen LogP contribution in [-0.4, -0.2) is 9.97 Å². The summed E-state index contributed by atoms with van der Waals surface area (Å²) in [6, 6.07) is 48.3. The molecule has 6 aromatic carbocycles. The third kappa shape index (κ3) is 3.94. The number of fused-ring (bicyclic) bond motifs is 9. The van der Waals surface area contributed by atoms with Crippen molar-refractivity contribution >= 4 is 39.7 Å². The molecule has 1 aromatic heterocycles. The molecule has 0 fully saturated rings. The minimum Gasteiger partial charge on any atom is -0.452 e. The smallest absolute Gasteiger partial charge is 0.162 e. The summed E-state index contributed by atoms with van der Waals surface area (Å²) >= 11 is 1.88. The SMILES string of the molecule is c1ccc(-c2cc(N3c4ccccc4Oc4c3c3c(c5ccccc45)-c4ccccc4SC3)nc(-c3ccccc3)n2)cc1. The quantitative estimate of drug-likeness (QED) is 0.207. The van der Waals surface area contributed by atoms with Gasteiger partial charge in [-0.15, -0.1) is 11.8 Å². The Labute approximate surface area is 259 Å². The molecule has 0 atom stereocenters. The molecule has 0 saturated carbocycles. The molecule has 3 heterocycles. The maximum Gasteiger partial charge on any atom is 0.162 e. The number of para-hydroxylation sites is 2. The van der Waals surface area contributed by atoms with E-state index in [1.807, 2.05) is 48.2 Å². The molecule has 0 spiro atoms. The van der Waals surface area contributed by atoms with Gasteiger partial charge in [-0.1, -0.05) is 115 Å². The van der Waals surface area contributed by atoms with Crippen LogP contribution in [0.2, 0.25) is 0 Å². The van der Waals surface area contributed by atoms with Crippen LogP contribution in [0.1, 0.15) is 5.56 Å². The average molecular weight is 584 g/mol. The van der Waals surface area contributed by atoms with Crippen molar-refractivity contribution in [1.82, 2.24) is 9.97 Å². The Balaban J connectivity index is 1.39. The fourth-order valence-electron chi connectivity index (χ4n) is 6.40. The van der Waals surface area contributed by atoms with Gasteiger partial charge in [0.1, 0.15) is 5.82 Å². The van der Waals surface area contributed by atoms with Crippen LogP contribution >= 0.6 is 11.8 Å². The first kappa shape index (κ1) is 25.1. The average Bonchev–Trinajstić information content (AvgIpc) is 3.11. The highest BCUT2D eigenvalue weighted by atomic mass is 32.2. The standard InChI is InChI=1S/C39H25N3OS/c1-3-13-25(14-4-1)31-23-35(41-39(40-31)26-15-5-2-6-16-26)42-32-20-10-11-21-33(32)43-38-28-18-8-7-17-27(28)36-29-19-9-12-22-34(29)44-24-30(36)37(38)42/h1-23H,24H2. The van der Waals surface area contributed by atoms with Crippen LogP contribution in [0.4, 0.5) is 17.2 Å². The number of benzene rings is 6. The molecule has 208 valence electrons. The van der Waals surface area contributed by atoms with Crippen molar-refractivity contribution < 1.29 is 4.74 Å². The lowest BCUT2D eigenvalue weighted by atomic mass is 9.90. The summed E-state index contributed by atoms with van der Waals surface area (Å²) in [7, 11) is 0. The van der Waals surface area contributed by atoms with Gasteiger partial charge in [-0.25, -0.2) is 9.97 Å². The lowest BCUT2D eigenvalue weighted by Gasteiger charge is -2.37. The molecule has 2 aliphatic heterocycles. The van der Waals surface area contributed by atoms with Gasteiger partial charge in [0, 0.05) is 33.2 Å². The van der Waals surface area contributed by atoms with Gasteiger partial charge in [0.15, 0.2) is 17.3 Å². The molecule has 0 aliphatic carbocycles. The van der Waals surface area contributed by atoms with E-state index < -0.39 is 0 Å². The van der Waals surface area contributed by atoms with Gasteiger partial charge in [-0.05, 0) is 40.3 Å². The van der Waals surface area contributed by atoms with Gasteiger partial charge >= 0.3 is 0 Å². The molecule has 2 aliphatic rings. The Kier molecular flexibility index (Phi) is 5.78. The third-order valence-electron chi connectivity index (χ3n) is 8.36. The van der Waals surface area contributed by atoms with E-state index in [1.54, 1.807) is 0 Å². The fourth-order valence-corrected chi connectivity index (χ4v) is 7.48. The summed E-state index contributed by atoms with van der Waals surface area (Å²) in [6.45, 7) is 0. The molecule has 0 saturated heterocycles. The van der Waals surface area contributed by atoms with Crippen molar-refractivity contribution in [2.45, 2.75) is 10.6 Å². The summed E-state index contributed by atoms with van der Waals surface area (Å²) in [5, 5.41) is 2.29. The van der Waals surface area contributed by atoms with Gasteiger partial charge in [0.25, 0.3) is 0 Å². The van der Waals surface area contributed by atoms with Crippen LogP contribution in [0.5, 0.6) is 11.5 Å². The molecule has 0 radical (unpaired) electrons. The Morgan fingerprint density at radius 1 is 0.636 bits per heavy atom. The highest BCUT2D eigenvalue weighted by Crippen LogP contribution is 2.59. The van der Waals surface area contributed by atoms with Crippen molar-refractivity contribution in [1.29, 1.82) is 0 Å². The molecule has 0 unspecified atom stereocenters.